The van der Waals surface area contributed by atoms with Crippen LogP contribution in [-0.4, -0.2) is 16.1 Å². The van der Waals surface area contributed by atoms with E-state index in [0.717, 1.165) is 18.0 Å². The van der Waals surface area contributed by atoms with Gasteiger partial charge in [-0.3, -0.25) is 4.98 Å². The molecule has 0 amide bonds. The molecule has 3 aliphatic rings. The second kappa shape index (κ2) is 6.79. The predicted molar refractivity (Wildman–Crippen MR) is 125 cm³/mol. The van der Waals surface area contributed by atoms with Gasteiger partial charge in [0.05, 0.1) is 11.3 Å². The highest BCUT2D eigenvalue weighted by molar-refractivity contribution is 5.88. The maximum atomic E-state index is 11.4. The van der Waals surface area contributed by atoms with Gasteiger partial charge in [0.15, 0.2) is 0 Å². The van der Waals surface area contributed by atoms with Crippen molar-refractivity contribution in [2.45, 2.75) is 77.6 Å². The minimum absolute atomic E-state index is 0.154. The van der Waals surface area contributed by atoms with Crippen molar-refractivity contribution in [3.63, 3.8) is 0 Å². The summed E-state index contributed by atoms with van der Waals surface area (Å²) in [5.74, 6) is 0.609. The standard InChI is InChI=1S/C28H33NO2/c1-16-12-22-23(28(4,5)11-10-27(22,2)3)14-20(16)25(19-8-6-17-13-21(17)19)24-9-7-18(15-29-24)26(30)31/h7,9,12,14-15,17,21H,6,8,10-11,13H2,1-5H3,(H,30,31). The van der Waals surface area contributed by atoms with Crippen LogP contribution in [0.4, 0.5) is 0 Å². The Bertz CT molecular complexity index is 1100. The molecule has 0 aliphatic heterocycles. The summed E-state index contributed by atoms with van der Waals surface area (Å²) < 4.78 is 0. The van der Waals surface area contributed by atoms with Crippen LogP contribution in [-0.2, 0) is 10.8 Å². The molecule has 2 unspecified atom stereocenters. The summed E-state index contributed by atoms with van der Waals surface area (Å²) in [7, 11) is 0. The van der Waals surface area contributed by atoms with Crippen LogP contribution in [0.2, 0.25) is 0 Å². The Hall–Kier alpha value is -2.42. The minimum atomic E-state index is -0.926. The van der Waals surface area contributed by atoms with Gasteiger partial charge >= 0.3 is 5.97 Å². The molecule has 162 valence electrons. The number of carboxylic acids is 1. The van der Waals surface area contributed by atoms with Gasteiger partial charge in [-0.15, -0.1) is 0 Å². The summed E-state index contributed by atoms with van der Waals surface area (Å²) in [4.78, 5) is 16.0. The SMILES string of the molecule is Cc1cc2c(cc1C(=C1CCC3CC13)c1ccc(C(=O)O)cn1)C(C)(C)CCC2(C)C. The van der Waals surface area contributed by atoms with E-state index in [2.05, 4.69) is 51.7 Å². The summed E-state index contributed by atoms with van der Waals surface area (Å²) in [6.07, 6.45) is 7.63. The van der Waals surface area contributed by atoms with Gasteiger partial charge in [0.1, 0.15) is 0 Å². The van der Waals surface area contributed by atoms with Crippen molar-refractivity contribution in [1.82, 2.24) is 4.98 Å². The highest BCUT2D eigenvalue weighted by Gasteiger charge is 2.46. The van der Waals surface area contributed by atoms with E-state index in [0.29, 0.717) is 5.92 Å². The van der Waals surface area contributed by atoms with E-state index in [1.54, 1.807) is 6.07 Å². The Morgan fingerprint density at radius 1 is 1.06 bits per heavy atom. The van der Waals surface area contributed by atoms with Crippen LogP contribution in [0.15, 0.2) is 36.0 Å². The summed E-state index contributed by atoms with van der Waals surface area (Å²) in [6.45, 7) is 11.7. The first kappa shape index (κ1) is 20.5. The molecule has 0 saturated heterocycles. The monoisotopic (exact) mass is 415 g/mol. The molecule has 1 heterocycles. The average molecular weight is 416 g/mol. The Kier molecular flexibility index (Phi) is 4.48. The van der Waals surface area contributed by atoms with E-state index in [1.807, 2.05) is 6.07 Å². The molecule has 1 aromatic heterocycles. The van der Waals surface area contributed by atoms with Crippen molar-refractivity contribution < 1.29 is 9.90 Å². The number of pyridine rings is 1. The summed E-state index contributed by atoms with van der Waals surface area (Å²) in [5, 5.41) is 9.32. The molecule has 2 saturated carbocycles. The quantitative estimate of drug-likeness (QED) is 0.609. The highest BCUT2D eigenvalue weighted by atomic mass is 16.4. The number of nitrogens with zero attached hydrogens (tertiary/aromatic N) is 1. The van der Waals surface area contributed by atoms with Gasteiger partial charge in [0.25, 0.3) is 0 Å². The number of aryl methyl sites for hydroxylation is 1. The smallest absolute Gasteiger partial charge is 0.337 e. The topological polar surface area (TPSA) is 50.2 Å². The largest absolute Gasteiger partial charge is 0.478 e. The van der Waals surface area contributed by atoms with Gasteiger partial charge in [-0.25, -0.2) is 4.79 Å². The maximum Gasteiger partial charge on any atom is 0.337 e. The number of rotatable bonds is 3. The third-order valence-electron chi connectivity index (χ3n) is 8.21. The number of aromatic nitrogens is 1. The van der Waals surface area contributed by atoms with Gasteiger partial charge in [-0.2, -0.15) is 0 Å². The lowest BCUT2D eigenvalue weighted by molar-refractivity contribution is 0.0696. The number of allylic oxidation sites excluding steroid dienone is 1. The van der Waals surface area contributed by atoms with E-state index in [9.17, 15) is 9.90 Å². The number of benzene rings is 1. The first-order valence-corrected chi connectivity index (χ1v) is 11.7. The molecular weight excluding hydrogens is 382 g/mol. The molecule has 0 radical (unpaired) electrons. The molecule has 3 nitrogen and oxygen atoms in total. The van der Waals surface area contributed by atoms with E-state index in [1.165, 1.54) is 65.3 Å². The number of hydrogen-bond donors (Lipinski definition) is 1. The van der Waals surface area contributed by atoms with Crippen LogP contribution in [0.1, 0.15) is 98.1 Å². The zero-order valence-electron chi connectivity index (χ0n) is 19.4. The van der Waals surface area contributed by atoms with Crippen molar-refractivity contribution in [3.8, 4) is 0 Å². The first-order valence-electron chi connectivity index (χ1n) is 11.7. The summed E-state index contributed by atoms with van der Waals surface area (Å²) >= 11 is 0. The number of carboxylic acid groups (broad SMARTS) is 1. The molecule has 1 aromatic carbocycles. The second-order valence-corrected chi connectivity index (χ2v) is 11.3. The van der Waals surface area contributed by atoms with Crippen LogP contribution in [0.25, 0.3) is 5.57 Å². The number of carbonyl (C=O) groups is 1. The van der Waals surface area contributed by atoms with E-state index in [4.69, 9.17) is 0 Å². The van der Waals surface area contributed by atoms with Gasteiger partial charge in [0.2, 0.25) is 0 Å². The fraction of sp³-hybridized carbons (Fsp3) is 0.500. The van der Waals surface area contributed by atoms with Crippen molar-refractivity contribution in [2.24, 2.45) is 11.8 Å². The molecule has 2 aromatic rings. The highest BCUT2D eigenvalue weighted by Crippen LogP contribution is 2.58. The fourth-order valence-corrected chi connectivity index (χ4v) is 5.97. The van der Waals surface area contributed by atoms with E-state index < -0.39 is 5.97 Å². The molecule has 0 bridgehead atoms. The zero-order valence-corrected chi connectivity index (χ0v) is 19.4. The van der Waals surface area contributed by atoms with Crippen LogP contribution in [0, 0.1) is 18.8 Å². The maximum absolute atomic E-state index is 11.4. The lowest BCUT2D eigenvalue weighted by atomic mass is 9.62. The van der Waals surface area contributed by atoms with Gasteiger partial charge in [-0.05, 0) is 102 Å². The summed E-state index contributed by atoms with van der Waals surface area (Å²) in [6, 6.07) is 8.49. The predicted octanol–water partition coefficient (Wildman–Crippen LogP) is 6.67. The molecular formula is C28H33NO2. The van der Waals surface area contributed by atoms with Gasteiger partial charge < -0.3 is 5.11 Å². The van der Waals surface area contributed by atoms with Crippen molar-refractivity contribution >= 4 is 11.5 Å². The zero-order chi connectivity index (χ0) is 22.1. The molecule has 2 atom stereocenters. The minimum Gasteiger partial charge on any atom is -0.478 e. The van der Waals surface area contributed by atoms with Gasteiger partial charge in [-0.1, -0.05) is 39.3 Å². The number of aromatic carboxylic acids is 1. The lowest BCUT2D eigenvalue weighted by Gasteiger charge is -2.42. The molecule has 0 spiro atoms. The number of fused-ring (bicyclic) bond motifs is 2. The Morgan fingerprint density at radius 3 is 2.26 bits per heavy atom. The molecule has 3 aliphatic carbocycles. The van der Waals surface area contributed by atoms with Crippen LogP contribution in [0.3, 0.4) is 0 Å². The van der Waals surface area contributed by atoms with Crippen molar-refractivity contribution in [2.75, 3.05) is 0 Å². The molecule has 1 N–H and O–H groups in total. The normalized spacial score (nSPS) is 26.7. The van der Waals surface area contributed by atoms with E-state index >= 15 is 0 Å². The van der Waals surface area contributed by atoms with E-state index in [-0.39, 0.29) is 16.4 Å². The van der Waals surface area contributed by atoms with Crippen LogP contribution in [0.5, 0.6) is 0 Å². The third-order valence-corrected chi connectivity index (χ3v) is 8.21. The van der Waals surface area contributed by atoms with Crippen molar-refractivity contribution in [1.29, 1.82) is 0 Å². The second-order valence-electron chi connectivity index (χ2n) is 11.3. The van der Waals surface area contributed by atoms with Crippen LogP contribution >= 0.6 is 0 Å². The average Bonchev–Trinajstić information content (AvgIpc) is 3.39. The molecule has 5 rings (SSSR count). The van der Waals surface area contributed by atoms with Crippen molar-refractivity contribution in [3.05, 3.63) is 69.5 Å². The number of hydrogen-bond acceptors (Lipinski definition) is 2. The third kappa shape index (κ3) is 3.33. The molecule has 3 heteroatoms. The van der Waals surface area contributed by atoms with Crippen LogP contribution < -0.4 is 0 Å². The Morgan fingerprint density at radius 2 is 1.74 bits per heavy atom. The van der Waals surface area contributed by atoms with Gasteiger partial charge in [0, 0.05) is 11.8 Å². The lowest BCUT2D eigenvalue weighted by Crippen LogP contribution is -2.34. The molecule has 31 heavy (non-hydrogen) atoms. The first-order chi connectivity index (χ1) is 14.6. The summed E-state index contributed by atoms with van der Waals surface area (Å²) in [5.41, 5.74) is 9.87. The Balaban J connectivity index is 1.72. The molecule has 2 fully saturated rings. The fourth-order valence-electron chi connectivity index (χ4n) is 5.97. The Labute approximate surface area is 185 Å².